The predicted octanol–water partition coefficient (Wildman–Crippen LogP) is 3.54. The second-order valence-electron chi connectivity index (χ2n) is 4.60. The smallest absolute Gasteiger partial charge is 0.255 e. The number of nitrogens with two attached hydrogens (primary N) is 1. The fourth-order valence-corrected chi connectivity index (χ4v) is 2.15. The molecule has 1 aromatic rings. The van der Waals surface area contributed by atoms with Crippen molar-refractivity contribution in [2.75, 3.05) is 18.8 Å². The molecular formula is C14H21BrN2O. The lowest BCUT2D eigenvalue weighted by Crippen LogP contribution is -2.34. The third-order valence-electron chi connectivity index (χ3n) is 3.12. The molecule has 3 nitrogen and oxygen atoms in total. The van der Waals surface area contributed by atoms with E-state index in [-0.39, 0.29) is 5.91 Å². The first kappa shape index (κ1) is 15.0. The zero-order valence-corrected chi connectivity index (χ0v) is 12.8. The number of carbonyl (C=O) groups excluding carboxylic acids is 1. The molecule has 1 aromatic carbocycles. The lowest BCUT2D eigenvalue weighted by molar-refractivity contribution is 0.0740. The van der Waals surface area contributed by atoms with Crippen molar-refractivity contribution in [2.24, 2.45) is 5.92 Å². The number of nitrogens with zero attached hydrogens (tertiary/aromatic N) is 1. The lowest BCUT2D eigenvalue weighted by Gasteiger charge is -2.24. The summed E-state index contributed by atoms with van der Waals surface area (Å²) in [5.41, 5.74) is 6.99. The number of carbonyl (C=O) groups is 1. The van der Waals surface area contributed by atoms with Crippen LogP contribution in [0, 0.1) is 5.92 Å². The van der Waals surface area contributed by atoms with Crippen LogP contribution in [0.15, 0.2) is 22.7 Å². The number of hydrogen-bond donors (Lipinski definition) is 1. The van der Waals surface area contributed by atoms with Crippen molar-refractivity contribution in [1.29, 1.82) is 0 Å². The summed E-state index contributed by atoms with van der Waals surface area (Å²) in [6.45, 7) is 7.79. The molecule has 0 aliphatic carbocycles. The van der Waals surface area contributed by atoms with E-state index in [2.05, 4.69) is 29.8 Å². The zero-order valence-electron chi connectivity index (χ0n) is 11.2. The summed E-state index contributed by atoms with van der Waals surface area (Å²) >= 11 is 3.41. The summed E-state index contributed by atoms with van der Waals surface area (Å²) in [7, 11) is 0. The van der Waals surface area contributed by atoms with Gasteiger partial charge in [0.2, 0.25) is 0 Å². The number of hydrogen-bond acceptors (Lipinski definition) is 2. The molecular weight excluding hydrogens is 292 g/mol. The van der Waals surface area contributed by atoms with Crippen molar-refractivity contribution in [3.8, 4) is 0 Å². The van der Waals surface area contributed by atoms with Crippen LogP contribution in [-0.2, 0) is 0 Å². The van der Waals surface area contributed by atoms with Crippen LogP contribution in [0.5, 0.6) is 0 Å². The first-order valence-electron chi connectivity index (χ1n) is 6.33. The molecule has 0 heterocycles. The molecule has 2 N–H and O–H groups in total. The van der Waals surface area contributed by atoms with E-state index in [4.69, 9.17) is 5.73 Å². The molecule has 1 unspecified atom stereocenters. The van der Waals surface area contributed by atoms with Crippen LogP contribution >= 0.6 is 15.9 Å². The highest BCUT2D eigenvalue weighted by molar-refractivity contribution is 9.10. The van der Waals surface area contributed by atoms with E-state index in [1.165, 1.54) is 0 Å². The van der Waals surface area contributed by atoms with E-state index in [0.29, 0.717) is 23.7 Å². The second kappa shape index (κ2) is 6.78. The van der Waals surface area contributed by atoms with Crippen molar-refractivity contribution in [2.45, 2.75) is 27.2 Å². The van der Waals surface area contributed by atoms with E-state index in [1.807, 2.05) is 17.9 Å². The van der Waals surface area contributed by atoms with Crippen LogP contribution in [0.4, 0.5) is 5.69 Å². The molecule has 0 radical (unpaired) electrons. The SMILES string of the molecule is CCC(C)CN(CC)C(=O)c1cc(N)ccc1Br. The summed E-state index contributed by atoms with van der Waals surface area (Å²) in [4.78, 5) is 14.3. The second-order valence-corrected chi connectivity index (χ2v) is 5.45. The van der Waals surface area contributed by atoms with Gasteiger partial charge in [0.05, 0.1) is 5.56 Å². The third-order valence-corrected chi connectivity index (χ3v) is 3.81. The van der Waals surface area contributed by atoms with E-state index in [0.717, 1.165) is 17.4 Å². The topological polar surface area (TPSA) is 46.3 Å². The Hall–Kier alpha value is -1.03. The average Bonchev–Trinajstić information content (AvgIpc) is 2.37. The molecule has 0 saturated carbocycles. The van der Waals surface area contributed by atoms with Gasteiger partial charge >= 0.3 is 0 Å². The molecule has 1 atom stereocenters. The summed E-state index contributed by atoms with van der Waals surface area (Å²) in [5.74, 6) is 0.547. The van der Waals surface area contributed by atoms with Crippen LogP contribution in [0.2, 0.25) is 0 Å². The van der Waals surface area contributed by atoms with Gasteiger partial charge in [-0.1, -0.05) is 20.3 Å². The van der Waals surface area contributed by atoms with Gasteiger partial charge in [0.1, 0.15) is 0 Å². The van der Waals surface area contributed by atoms with Crippen LogP contribution in [0.1, 0.15) is 37.6 Å². The van der Waals surface area contributed by atoms with Gasteiger partial charge in [-0.25, -0.2) is 0 Å². The monoisotopic (exact) mass is 312 g/mol. The number of nitrogen functional groups attached to an aromatic ring is 1. The molecule has 4 heteroatoms. The molecule has 0 spiro atoms. The van der Waals surface area contributed by atoms with Gasteiger partial charge in [0.15, 0.2) is 0 Å². The molecule has 0 aliphatic rings. The van der Waals surface area contributed by atoms with Crippen molar-refractivity contribution in [3.63, 3.8) is 0 Å². The number of rotatable bonds is 5. The molecule has 18 heavy (non-hydrogen) atoms. The summed E-state index contributed by atoms with van der Waals surface area (Å²) in [6, 6.07) is 5.33. The highest BCUT2D eigenvalue weighted by Crippen LogP contribution is 2.21. The lowest BCUT2D eigenvalue weighted by atomic mass is 10.1. The van der Waals surface area contributed by atoms with E-state index in [9.17, 15) is 4.79 Å². The molecule has 1 rings (SSSR count). The molecule has 0 aliphatic heterocycles. The minimum Gasteiger partial charge on any atom is -0.399 e. The summed E-state index contributed by atoms with van der Waals surface area (Å²) in [6.07, 6.45) is 1.07. The Morgan fingerprint density at radius 1 is 1.44 bits per heavy atom. The third kappa shape index (κ3) is 3.73. The van der Waals surface area contributed by atoms with E-state index >= 15 is 0 Å². The van der Waals surface area contributed by atoms with E-state index < -0.39 is 0 Å². The zero-order chi connectivity index (χ0) is 13.7. The summed E-state index contributed by atoms with van der Waals surface area (Å²) in [5, 5.41) is 0. The van der Waals surface area contributed by atoms with Crippen LogP contribution in [0.3, 0.4) is 0 Å². The molecule has 0 bridgehead atoms. The van der Waals surface area contributed by atoms with Crippen molar-refractivity contribution in [1.82, 2.24) is 4.90 Å². The normalized spacial score (nSPS) is 12.2. The van der Waals surface area contributed by atoms with E-state index in [1.54, 1.807) is 12.1 Å². The summed E-state index contributed by atoms with van der Waals surface area (Å²) < 4.78 is 0.796. The number of halogens is 1. The molecule has 100 valence electrons. The Morgan fingerprint density at radius 3 is 2.67 bits per heavy atom. The van der Waals surface area contributed by atoms with Gasteiger partial charge in [-0.3, -0.25) is 4.79 Å². The van der Waals surface area contributed by atoms with Gasteiger partial charge in [-0.15, -0.1) is 0 Å². The largest absolute Gasteiger partial charge is 0.399 e. The predicted molar refractivity (Wildman–Crippen MR) is 79.6 cm³/mol. The highest BCUT2D eigenvalue weighted by Gasteiger charge is 2.18. The fourth-order valence-electron chi connectivity index (χ4n) is 1.74. The van der Waals surface area contributed by atoms with Crippen molar-refractivity contribution < 1.29 is 4.79 Å². The quantitative estimate of drug-likeness (QED) is 0.845. The van der Waals surface area contributed by atoms with Crippen LogP contribution in [0.25, 0.3) is 0 Å². The maximum atomic E-state index is 12.4. The number of anilines is 1. The van der Waals surface area contributed by atoms with Crippen molar-refractivity contribution >= 4 is 27.5 Å². The van der Waals surface area contributed by atoms with Crippen LogP contribution in [-0.4, -0.2) is 23.9 Å². The average molecular weight is 313 g/mol. The van der Waals surface area contributed by atoms with Gasteiger partial charge in [0.25, 0.3) is 5.91 Å². The molecule has 1 amide bonds. The van der Waals surface area contributed by atoms with Gasteiger partial charge in [-0.05, 0) is 47.0 Å². The molecule has 0 fully saturated rings. The van der Waals surface area contributed by atoms with Gasteiger partial charge < -0.3 is 10.6 Å². The fraction of sp³-hybridized carbons (Fsp3) is 0.500. The Balaban J connectivity index is 2.92. The highest BCUT2D eigenvalue weighted by atomic mass is 79.9. The Kier molecular flexibility index (Phi) is 5.66. The van der Waals surface area contributed by atoms with Gasteiger partial charge in [-0.2, -0.15) is 0 Å². The minimum atomic E-state index is 0.0389. The van der Waals surface area contributed by atoms with Crippen molar-refractivity contribution in [3.05, 3.63) is 28.2 Å². The number of amides is 1. The number of benzene rings is 1. The minimum absolute atomic E-state index is 0.0389. The maximum absolute atomic E-state index is 12.4. The van der Waals surface area contributed by atoms with Gasteiger partial charge in [0, 0.05) is 23.2 Å². The van der Waals surface area contributed by atoms with Crippen LogP contribution < -0.4 is 5.73 Å². The molecule has 0 saturated heterocycles. The first-order valence-corrected chi connectivity index (χ1v) is 7.13. The standard InChI is InChI=1S/C14H21BrN2O/c1-4-10(3)9-17(5-2)14(18)12-8-11(16)6-7-13(12)15/h6-8,10H,4-5,9,16H2,1-3H3. The Morgan fingerprint density at radius 2 is 2.11 bits per heavy atom. The Labute approximate surface area is 117 Å². The first-order chi connectivity index (χ1) is 8.49. The molecule has 0 aromatic heterocycles. The Bertz CT molecular complexity index is 420. The maximum Gasteiger partial charge on any atom is 0.255 e.